The van der Waals surface area contributed by atoms with Gasteiger partial charge in [-0.2, -0.15) is 0 Å². The first kappa shape index (κ1) is 13.7. The van der Waals surface area contributed by atoms with Crippen molar-refractivity contribution >= 4 is 11.8 Å². The Labute approximate surface area is 112 Å². The zero-order valence-electron chi connectivity index (χ0n) is 11.0. The second-order valence-electron chi connectivity index (χ2n) is 4.77. The topological polar surface area (TPSA) is 84.3 Å². The van der Waals surface area contributed by atoms with Crippen molar-refractivity contribution in [3.05, 3.63) is 18.1 Å². The normalized spacial score (nSPS) is 22.8. The number of ether oxygens (including phenoxy) is 1. The van der Waals surface area contributed by atoms with Crippen LogP contribution in [0.1, 0.15) is 36.2 Å². The van der Waals surface area contributed by atoms with Crippen molar-refractivity contribution in [2.75, 3.05) is 19.0 Å². The van der Waals surface area contributed by atoms with Crippen LogP contribution < -0.4 is 5.32 Å². The van der Waals surface area contributed by atoms with E-state index in [-0.39, 0.29) is 17.7 Å². The Morgan fingerprint density at radius 1 is 1.47 bits per heavy atom. The number of hydrogen-bond donors (Lipinski definition) is 2. The Kier molecular flexibility index (Phi) is 4.68. The number of esters is 1. The van der Waals surface area contributed by atoms with Gasteiger partial charge >= 0.3 is 5.97 Å². The van der Waals surface area contributed by atoms with Crippen LogP contribution in [0.25, 0.3) is 0 Å². The third kappa shape index (κ3) is 3.64. The van der Waals surface area contributed by atoms with Gasteiger partial charge in [0.1, 0.15) is 5.82 Å². The molecule has 1 aromatic rings. The molecule has 2 N–H and O–H groups in total. The monoisotopic (exact) mass is 265 g/mol. The van der Waals surface area contributed by atoms with Gasteiger partial charge in [-0.05, 0) is 12.8 Å². The molecule has 0 spiro atoms. The highest BCUT2D eigenvalue weighted by molar-refractivity contribution is 5.87. The number of nitrogens with zero attached hydrogens (tertiary/aromatic N) is 2. The third-order valence-electron chi connectivity index (χ3n) is 3.44. The molecule has 2 atom stereocenters. The lowest BCUT2D eigenvalue weighted by molar-refractivity contribution is 0.0593. The molecular formula is C13H19N3O3. The summed E-state index contributed by atoms with van der Waals surface area (Å²) in [5.74, 6) is 0.256. The van der Waals surface area contributed by atoms with E-state index < -0.39 is 5.97 Å². The summed E-state index contributed by atoms with van der Waals surface area (Å²) >= 11 is 0. The van der Waals surface area contributed by atoms with E-state index in [1.165, 1.54) is 13.3 Å². The summed E-state index contributed by atoms with van der Waals surface area (Å²) in [5, 5.41) is 13.0. The summed E-state index contributed by atoms with van der Waals surface area (Å²) in [6.45, 7) is 0.639. The van der Waals surface area contributed by atoms with Gasteiger partial charge in [-0.25, -0.2) is 9.78 Å². The van der Waals surface area contributed by atoms with Crippen LogP contribution >= 0.6 is 0 Å². The maximum absolute atomic E-state index is 11.3. The first-order valence-corrected chi connectivity index (χ1v) is 6.53. The molecule has 1 aliphatic rings. The molecule has 0 amide bonds. The number of methoxy groups -OCH3 is 1. The molecule has 19 heavy (non-hydrogen) atoms. The minimum atomic E-state index is -0.506. The molecule has 0 bridgehead atoms. The van der Waals surface area contributed by atoms with Gasteiger partial charge in [0.2, 0.25) is 0 Å². The molecule has 104 valence electrons. The number of carbonyl (C=O) groups excluding carboxylic acids is 1. The number of anilines is 1. The van der Waals surface area contributed by atoms with E-state index in [2.05, 4.69) is 20.0 Å². The Morgan fingerprint density at radius 2 is 2.26 bits per heavy atom. The van der Waals surface area contributed by atoms with E-state index in [1.54, 1.807) is 6.20 Å². The molecule has 2 rings (SSSR count). The Hall–Kier alpha value is -1.69. The predicted molar refractivity (Wildman–Crippen MR) is 69.8 cm³/mol. The average molecular weight is 265 g/mol. The number of aromatic nitrogens is 2. The van der Waals surface area contributed by atoms with Crippen LogP contribution in [-0.4, -0.2) is 40.8 Å². The second-order valence-corrected chi connectivity index (χ2v) is 4.77. The van der Waals surface area contributed by atoms with Gasteiger partial charge in [-0.3, -0.25) is 4.98 Å². The summed E-state index contributed by atoms with van der Waals surface area (Å²) in [7, 11) is 1.31. The van der Waals surface area contributed by atoms with Crippen LogP contribution in [0, 0.1) is 5.92 Å². The fourth-order valence-electron chi connectivity index (χ4n) is 2.32. The van der Waals surface area contributed by atoms with Gasteiger partial charge < -0.3 is 15.2 Å². The zero-order chi connectivity index (χ0) is 13.7. The summed E-state index contributed by atoms with van der Waals surface area (Å²) in [6.07, 6.45) is 6.79. The molecule has 6 nitrogen and oxygen atoms in total. The number of hydrogen-bond acceptors (Lipinski definition) is 6. The van der Waals surface area contributed by atoms with Gasteiger partial charge in [-0.15, -0.1) is 0 Å². The Balaban J connectivity index is 1.93. The molecule has 2 unspecified atom stereocenters. The van der Waals surface area contributed by atoms with Crippen molar-refractivity contribution in [3.8, 4) is 0 Å². The molecule has 0 aromatic carbocycles. The number of carbonyl (C=O) groups is 1. The maximum Gasteiger partial charge on any atom is 0.358 e. The number of aliphatic hydroxyl groups is 1. The maximum atomic E-state index is 11.3. The quantitative estimate of drug-likeness (QED) is 0.796. The lowest BCUT2D eigenvalue weighted by atomic mass is 9.86. The Bertz CT molecular complexity index is 439. The molecule has 6 heteroatoms. The van der Waals surface area contributed by atoms with Crippen LogP contribution in [0.2, 0.25) is 0 Å². The van der Waals surface area contributed by atoms with Crippen molar-refractivity contribution in [2.45, 2.75) is 31.8 Å². The highest BCUT2D eigenvalue weighted by Gasteiger charge is 2.22. The summed E-state index contributed by atoms with van der Waals surface area (Å²) in [6, 6.07) is 0. The Morgan fingerprint density at radius 3 is 3.00 bits per heavy atom. The van der Waals surface area contributed by atoms with Crippen LogP contribution in [-0.2, 0) is 4.74 Å². The second kappa shape index (κ2) is 6.47. The number of rotatable bonds is 4. The largest absolute Gasteiger partial charge is 0.464 e. The predicted octanol–water partition coefficient (Wildman–Crippen LogP) is 1.23. The van der Waals surface area contributed by atoms with E-state index in [9.17, 15) is 9.90 Å². The van der Waals surface area contributed by atoms with Crippen molar-refractivity contribution in [1.29, 1.82) is 0 Å². The highest BCUT2D eigenvalue weighted by atomic mass is 16.5. The van der Waals surface area contributed by atoms with E-state index in [1.807, 2.05) is 0 Å². The van der Waals surface area contributed by atoms with Crippen molar-refractivity contribution < 1.29 is 14.6 Å². The van der Waals surface area contributed by atoms with Crippen molar-refractivity contribution in [3.63, 3.8) is 0 Å². The van der Waals surface area contributed by atoms with Gasteiger partial charge in [0.05, 0.1) is 25.6 Å². The van der Waals surface area contributed by atoms with Gasteiger partial charge in [-0.1, -0.05) is 12.8 Å². The molecule has 1 aromatic heterocycles. The summed E-state index contributed by atoms with van der Waals surface area (Å²) in [5.41, 5.74) is 0.177. The molecule has 0 saturated heterocycles. The molecule has 0 aliphatic heterocycles. The van der Waals surface area contributed by atoms with E-state index in [0.29, 0.717) is 12.4 Å². The SMILES string of the molecule is COC(=O)c1cncc(NCC2CCCCC2O)n1. The third-order valence-corrected chi connectivity index (χ3v) is 3.44. The zero-order valence-corrected chi connectivity index (χ0v) is 11.0. The first-order chi connectivity index (χ1) is 9.20. The molecule has 0 radical (unpaired) electrons. The van der Waals surface area contributed by atoms with Crippen LogP contribution in [0.15, 0.2) is 12.4 Å². The molecule has 1 aliphatic carbocycles. The van der Waals surface area contributed by atoms with Gasteiger partial charge in [0.25, 0.3) is 0 Å². The summed E-state index contributed by atoms with van der Waals surface area (Å²) in [4.78, 5) is 19.4. The van der Waals surface area contributed by atoms with Gasteiger partial charge in [0, 0.05) is 12.5 Å². The lowest BCUT2D eigenvalue weighted by Crippen LogP contribution is -2.30. The van der Waals surface area contributed by atoms with Crippen LogP contribution in [0.5, 0.6) is 0 Å². The van der Waals surface area contributed by atoms with Crippen LogP contribution in [0.3, 0.4) is 0 Å². The van der Waals surface area contributed by atoms with Crippen molar-refractivity contribution in [2.24, 2.45) is 5.92 Å². The number of aliphatic hydroxyl groups excluding tert-OH is 1. The first-order valence-electron chi connectivity index (χ1n) is 6.53. The minimum absolute atomic E-state index is 0.177. The molecule has 1 heterocycles. The van der Waals surface area contributed by atoms with Crippen LogP contribution in [0.4, 0.5) is 5.82 Å². The number of nitrogens with one attached hydrogen (secondary N) is 1. The van der Waals surface area contributed by atoms with E-state index in [4.69, 9.17) is 0 Å². The highest BCUT2D eigenvalue weighted by Crippen LogP contribution is 2.24. The smallest absolute Gasteiger partial charge is 0.358 e. The minimum Gasteiger partial charge on any atom is -0.464 e. The lowest BCUT2D eigenvalue weighted by Gasteiger charge is -2.27. The standard InChI is InChI=1S/C13H19N3O3/c1-19-13(18)10-7-14-8-12(16-10)15-6-9-4-2-3-5-11(9)17/h7-9,11,17H,2-6H2,1H3,(H,15,16). The van der Waals surface area contributed by atoms with Gasteiger partial charge in [0.15, 0.2) is 5.69 Å². The fraction of sp³-hybridized carbons (Fsp3) is 0.615. The fourth-order valence-corrected chi connectivity index (χ4v) is 2.32. The molecular weight excluding hydrogens is 246 g/mol. The molecule has 1 saturated carbocycles. The molecule has 1 fully saturated rings. The van der Waals surface area contributed by atoms with E-state index >= 15 is 0 Å². The average Bonchev–Trinajstić information content (AvgIpc) is 2.46. The van der Waals surface area contributed by atoms with E-state index in [0.717, 1.165) is 25.7 Å². The summed E-state index contributed by atoms with van der Waals surface area (Å²) < 4.78 is 4.59. The van der Waals surface area contributed by atoms with Crippen molar-refractivity contribution in [1.82, 2.24) is 9.97 Å².